The molecule has 0 aliphatic carbocycles. The van der Waals surface area contributed by atoms with E-state index in [2.05, 4.69) is 11.3 Å². The first-order valence-corrected chi connectivity index (χ1v) is 3.04. The average Bonchev–Trinajstić information content (AvgIpc) is 1.97. The summed E-state index contributed by atoms with van der Waals surface area (Å²) in [6, 6.07) is 0. The van der Waals surface area contributed by atoms with Gasteiger partial charge in [0.1, 0.15) is 6.67 Å². The Labute approximate surface area is 70.0 Å². The van der Waals surface area contributed by atoms with Crippen LogP contribution in [0.2, 0.25) is 0 Å². The van der Waals surface area contributed by atoms with Crippen LogP contribution in [0.1, 0.15) is 0 Å². The van der Waals surface area contributed by atoms with E-state index in [4.69, 9.17) is 0 Å². The Bertz CT molecular complexity index is 174. The molecule has 0 aliphatic rings. The Balaban J connectivity index is 4.66. The minimum atomic E-state index is -5.83. The van der Waals surface area contributed by atoms with E-state index in [1.165, 1.54) is 0 Å². The lowest BCUT2D eigenvalue weighted by Crippen LogP contribution is -2.48. The summed E-state index contributed by atoms with van der Waals surface area (Å²) >= 11 is 0. The van der Waals surface area contributed by atoms with E-state index >= 15 is 0 Å². The van der Waals surface area contributed by atoms with Gasteiger partial charge in [0.15, 0.2) is 6.10 Å². The molecule has 1 unspecified atom stereocenters. The second-order valence-electron chi connectivity index (χ2n) is 2.07. The lowest BCUT2D eigenvalue weighted by Gasteiger charge is -2.25. The highest BCUT2D eigenvalue weighted by atomic mass is 19.4. The second kappa shape index (κ2) is 3.89. The molecule has 0 aromatic carbocycles. The topological polar surface area (TPSA) is 9.23 Å². The molecule has 0 fully saturated rings. The van der Waals surface area contributed by atoms with E-state index in [0.717, 1.165) is 0 Å². The van der Waals surface area contributed by atoms with Gasteiger partial charge < -0.3 is 4.74 Å². The van der Waals surface area contributed by atoms with Gasteiger partial charge in [-0.3, -0.25) is 0 Å². The summed E-state index contributed by atoms with van der Waals surface area (Å²) < 4.78 is 74.6. The monoisotopic (exact) mass is 208 g/mol. The Hall–Kier alpha value is -0.880. The van der Waals surface area contributed by atoms with Crippen LogP contribution in [0.3, 0.4) is 0 Å². The van der Waals surface area contributed by atoms with Gasteiger partial charge in [0.05, 0.1) is 6.26 Å². The first-order valence-electron chi connectivity index (χ1n) is 3.04. The third kappa shape index (κ3) is 2.53. The fraction of sp³-hybridized carbons (Fsp3) is 0.667. The summed E-state index contributed by atoms with van der Waals surface area (Å²) in [7, 11) is 0. The molecule has 0 aromatic heterocycles. The van der Waals surface area contributed by atoms with Crippen molar-refractivity contribution in [3.8, 4) is 0 Å². The largest absolute Gasteiger partial charge is 0.489 e. The Morgan fingerprint density at radius 1 is 1.23 bits per heavy atom. The van der Waals surface area contributed by atoms with Crippen LogP contribution >= 0.6 is 0 Å². The first kappa shape index (κ1) is 12.1. The lowest BCUT2D eigenvalue weighted by atomic mass is 10.2. The van der Waals surface area contributed by atoms with Gasteiger partial charge in [-0.15, -0.1) is 0 Å². The number of halogens is 6. The van der Waals surface area contributed by atoms with Crippen molar-refractivity contribution in [1.29, 1.82) is 0 Å². The van der Waals surface area contributed by atoms with Crippen molar-refractivity contribution < 1.29 is 31.1 Å². The summed E-state index contributed by atoms with van der Waals surface area (Å²) in [5.41, 5.74) is 0. The summed E-state index contributed by atoms with van der Waals surface area (Å²) in [6.07, 6.45) is -8.36. The molecule has 0 heterocycles. The predicted molar refractivity (Wildman–Crippen MR) is 32.0 cm³/mol. The maximum absolute atomic E-state index is 12.2. The van der Waals surface area contributed by atoms with Crippen molar-refractivity contribution in [2.45, 2.75) is 18.2 Å². The van der Waals surface area contributed by atoms with Crippen LogP contribution in [0.5, 0.6) is 0 Å². The zero-order chi connectivity index (χ0) is 10.7. The molecule has 0 N–H and O–H groups in total. The van der Waals surface area contributed by atoms with Crippen LogP contribution in [0.25, 0.3) is 0 Å². The molecule has 0 saturated carbocycles. The summed E-state index contributed by atoms with van der Waals surface area (Å²) in [5, 5.41) is 0. The molecule has 0 aromatic rings. The Kier molecular flexibility index (Phi) is 3.62. The molecule has 0 spiro atoms. The molecule has 1 nitrogen and oxygen atoms in total. The van der Waals surface area contributed by atoms with Crippen molar-refractivity contribution in [2.75, 3.05) is 6.67 Å². The zero-order valence-corrected chi connectivity index (χ0v) is 6.24. The van der Waals surface area contributed by atoms with Crippen molar-refractivity contribution in [3.63, 3.8) is 0 Å². The van der Waals surface area contributed by atoms with Crippen molar-refractivity contribution >= 4 is 0 Å². The molecule has 0 saturated heterocycles. The van der Waals surface area contributed by atoms with Crippen molar-refractivity contribution in [2.24, 2.45) is 0 Å². The summed E-state index contributed by atoms with van der Waals surface area (Å²) in [6.45, 7) is 0.809. The molecule has 7 heteroatoms. The smallest absolute Gasteiger partial charge is 0.457 e. The van der Waals surface area contributed by atoms with E-state index in [9.17, 15) is 26.3 Å². The highest BCUT2D eigenvalue weighted by Gasteiger charge is 2.63. The molecule has 0 aliphatic heterocycles. The Morgan fingerprint density at radius 3 is 1.92 bits per heavy atom. The minimum Gasteiger partial charge on any atom is -0.489 e. The van der Waals surface area contributed by atoms with E-state index in [-0.39, 0.29) is 0 Å². The third-order valence-electron chi connectivity index (χ3n) is 1.18. The third-order valence-corrected chi connectivity index (χ3v) is 1.18. The highest BCUT2D eigenvalue weighted by molar-refractivity contribution is 4.86. The van der Waals surface area contributed by atoms with Gasteiger partial charge in [-0.25, -0.2) is 4.39 Å². The SMILES string of the molecule is C=COC(CF)C(F)(F)C(F)(F)F. The quantitative estimate of drug-likeness (QED) is 0.509. The van der Waals surface area contributed by atoms with Gasteiger partial charge in [-0.2, -0.15) is 22.0 Å². The van der Waals surface area contributed by atoms with Crippen LogP contribution in [-0.4, -0.2) is 24.9 Å². The Morgan fingerprint density at radius 2 is 1.69 bits per heavy atom. The molecule has 0 radical (unpaired) electrons. The van der Waals surface area contributed by atoms with Gasteiger partial charge in [-0.1, -0.05) is 6.58 Å². The number of alkyl halides is 6. The molecular weight excluding hydrogens is 202 g/mol. The number of rotatable bonds is 4. The van der Waals surface area contributed by atoms with E-state index < -0.39 is 24.9 Å². The summed E-state index contributed by atoms with van der Waals surface area (Å²) in [5.74, 6) is -5.21. The van der Waals surface area contributed by atoms with Crippen LogP contribution in [0.4, 0.5) is 26.3 Å². The average molecular weight is 208 g/mol. The second-order valence-corrected chi connectivity index (χ2v) is 2.07. The van der Waals surface area contributed by atoms with E-state index in [1.54, 1.807) is 0 Å². The molecule has 1 atom stereocenters. The molecule has 78 valence electrons. The predicted octanol–water partition coefficient (Wildman–Crippen LogP) is 2.68. The number of ether oxygens (including phenoxy) is 1. The van der Waals surface area contributed by atoms with Gasteiger partial charge >= 0.3 is 12.1 Å². The first-order chi connectivity index (χ1) is 5.77. The number of hydrogen-bond acceptors (Lipinski definition) is 1. The standard InChI is InChI=1S/C6H6F6O/c1-2-13-4(3-7)5(8,9)6(10,11)12/h2,4H,1,3H2. The van der Waals surface area contributed by atoms with Gasteiger partial charge in [0.2, 0.25) is 0 Å². The van der Waals surface area contributed by atoms with E-state index in [0.29, 0.717) is 6.26 Å². The van der Waals surface area contributed by atoms with Gasteiger partial charge in [0, 0.05) is 0 Å². The maximum atomic E-state index is 12.2. The molecule has 0 rings (SSSR count). The number of hydrogen-bond donors (Lipinski definition) is 0. The molecule has 13 heavy (non-hydrogen) atoms. The highest BCUT2D eigenvalue weighted by Crippen LogP contribution is 2.39. The van der Waals surface area contributed by atoms with Crippen molar-refractivity contribution in [1.82, 2.24) is 0 Å². The fourth-order valence-electron chi connectivity index (χ4n) is 0.517. The zero-order valence-electron chi connectivity index (χ0n) is 6.24. The fourth-order valence-corrected chi connectivity index (χ4v) is 0.517. The lowest BCUT2D eigenvalue weighted by molar-refractivity contribution is -0.314. The van der Waals surface area contributed by atoms with Crippen molar-refractivity contribution in [3.05, 3.63) is 12.8 Å². The van der Waals surface area contributed by atoms with E-state index in [1.807, 2.05) is 0 Å². The van der Waals surface area contributed by atoms with Crippen LogP contribution < -0.4 is 0 Å². The molecular formula is C6H6F6O. The normalized spacial score (nSPS) is 15.2. The van der Waals surface area contributed by atoms with Crippen LogP contribution in [-0.2, 0) is 4.74 Å². The van der Waals surface area contributed by atoms with Crippen LogP contribution in [0, 0.1) is 0 Å². The maximum Gasteiger partial charge on any atom is 0.457 e. The van der Waals surface area contributed by atoms with Gasteiger partial charge in [-0.05, 0) is 0 Å². The molecule has 0 bridgehead atoms. The summed E-state index contributed by atoms with van der Waals surface area (Å²) in [4.78, 5) is 0. The van der Waals surface area contributed by atoms with Gasteiger partial charge in [0.25, 0.3) is 0 Å². The molecule has 0 amide bonds. The minimum absolute atomic E-state index is 0.337. The van der Waals surface area contributed by atoms with Crippen LogP contribution in [0.15, 0.2) is 12.8 Å².